The van der Waals surface area contributed by atoms with Crippen molar-refractivity contribution in [3.8, 4) is 0 Å². The Morgan fingerprint density at radius 1 is 1.40 bits per heavy atom. The lowest BCUT2D eigenvalue weighted by molar-refractivity contribution is -0.135. The number of likely N-dealkylation sites (N-methyl/N-ethyl adjacent to an activating group) is 2. The predicted molar refractivity (Wildman–Crippen MR) is 62.9 cm³/mol. The third kappa shape index (κ3) is 2.09. The van der Waals surface area contributed by atoms with Gasteiger partial charge in [-0.15, -0.1) is 0 Å². The fraction of sp³-hybridized carbons (Fsp3) is 0.900. The van der Waals surface area contributed by atoms with Crippen molar-refractivity contribution in [3.05, 3.63) is 0 Å². The number of hydrogen-bond acceptors (Lipinski definition) is 3. The first-order valence-electron chi connectivity index (χ1n) is 5.24. The van der Waals surface area contributed by atoms with Crippen molar-refractivity contribution in [1.29, 1.82) is 0 Å². The van der Waals surface area contributed by atoms with Crippen LogP contribution in [0.3, 0.4) is 0 Å². The van der Waals surface area contributed by atoms with E-state index in [1.165, 1.54) is 0 Å². The van der Waals surface area contributed by atoms with Crippen LogP contribution in [-0.2, 0) is 9.22 Å². The van der Waals surface area contributed by atoms with E-state index in [4.69, 9.17) is 4.43 Å². The molecule has 1 saturated heterocycles. The van der Waals surface area contributed by atoms with Crippen molar-refractivity contribution < 1.29 is 9.22 Å². The maximum Gasteiger partial charge on any atom is 0.266 e. The zero-order valence-corrected chi connectivity index (χ0v) is 11.8. The molecule has 1 aliphatic heterocycles. The molecule has 1 unspecified atom stereocenters. The lowest BCUT2D eigenvalue weighted by atomic mass is 9.98. The highest BCUT2D eigenvalue weighted by Crippen LogP contribution is 2.35. The van der Waals surface area contributed by atoms with Crippen molar-refractivity contribution >= 4 is 14.4 Å². The molecule has 0 N–H and O–H groups in total. The number of carbonyl (C=O) groups is 1. The molecule has 0 spiro atoms. The van der Waals surface area contributed by atoms with E-state index in [0.29, 0.717) is 0 Å². The molecular weight excluding hydrogens is 208 g/mol. The Bertz CT molecular complexity index is 277. The average molecular weight is 230 g/mol. The third-order valence-corrected chi connectivity index (χ3v) is 6.07. The first kappa shape index (κ1) is 12.7. The highest BCUT2D eigenvalue weighted by atomic mass is 28.4. The van der Waals surface area contributed by atoms with Crippen molar-refractivity contribution in [2.45, 2.75) is 38.6 Å². The molecule has 1 fully saturated rings. The maximum atomic E-state index is 12.1. The number of amides is 1. The second kappa shape index (κ2) is 3.57. The van der Waals surface area contributed by atoms with E-state index < -0.39 is 8.48 Å². The van der Waals surface area contributed by atoms with Gasteiger partial charge in [0.25, 0.3) is 8.48 Å². The van der Waals surface area contributed by atoms with Gasteiger partial charge in [0.05, 0.1) is 5.60 Å². The monoisotopic (exact) mass is 230 g/mol. The molecule has 1 aliphatic rings. The van der Waals surface area contributed by atoms with Gasteiger partial charge in [0.2, 0.25) is 5.91 Å². The van der Waals surface area contributed by atoms with E-state index in [1.807, 2.05) is 20.9 Å². The molecule has 5 heteroatoms. The second-order valence-corrected chi connectivity index (χ2v) is 9.20. The summed E-state index contributed by atoms with van der Waals surface area (Å²) in [6, 6.07) is -0.158. The van der Waals surface area contributed by atoms with Gasteiger partial charge in [-0.25, -0.2) is 0 Å². The molecule has 4 nitrogen and oxygen atoms in total. The van der Waals surface area contributed by atoms with Gasteiger partial charge in [-0.1, -0.05) is 0 Å². The Hall–Kier alpha value is -0.393. The fourth-order valence-corrected chi connectivity index (χ4v) is 4.84. The fourth-order valence-electron chi connectivity index (χ4n) is 2.26. The molecule has 1 atom stereocenters. The molecule has 1 heterocycles. The van der Waals surface area contributed by atoms with Crippen LogP contribution in [0.2, 0.25) is 13.1 Å². The van der Waals surface area contributed by atoms with Gasteiger partial charge in [0.1, 0.15) is 6.04 Å². The first-order chi connectivity index (χ1) is 6.59. The van der Waals surface area contributed by atoms with Crippen LogP contribution in [0.15, 0.2) is 0 Å². The zero-order valence-electron chi connectivity index (χ0n) is 10.8. The maximum absolute atomic E-state index is 12.1. The molecular formula is C10H22N2O2Si. The molecule has 0 aliphatic carbocycles. The number of carbonyl (C=O) groups excluding carboxylic acids is 1. The SMILES string of the molecule is CN(C)C(=O)C1N(C)[Si](C)(C)OC1(C)C. The summed E-state index contributed by atoms with van der Waals surface area (Å²) in [6.45, 7) is 8.24. The van der Waals surface area contributed by atoms with Gasteiger partial charge >= 0.3 is 0 Å². The van der Waals surface area contributed by atoms with Crippen LogP contribution in [-0.4, -0.2) is 56.6 Å². The van der Waals surface area contributed by atoms with Gasteiger partial charge in [-0.05, 0) is 34.0 Å². The summed E-state index contributed by atoms with van der Waals surface area (Å²) in [7, 11) is 3.71. The minimum atomic E-state index is -1.86. The minimum absolute atomic E-state index is 0.126. The van der Waals surface area contributed by atoms with Gasteiger partial charge in [-0.2, -0.15) is 0 Å². The van der Waals surface area contributed by atoms with Crippen LogP contribution in [0.5, 0.6) is 0 Å². The van der Waals surface area contributed by atoms with Crippen LogP contribution in [0.25, 0.3) is 0 Å². The van der Waals surface area contributed by atoms with Crippen molar-refractivity contribution in [2.75, 3.05) is 21.1 Å². The van der Waals surface area contributed by atoms with Crippen molar-refractivity contribution in [1.82, 2.24) is 9.47 Å². The van der Waals surface area contributed by atoms with E-state index in [2.05, 4.69) is 17.7 Å². The Labute approximate surface area is 93.4 Å². The lowest BCUT2D eigenvalue weighted by Gasteiger charge is -2.30. The molecule has 15 heavy (non-hydrogen) atoms. The highest BCUT2D eigenvalue weighted by molar-refractivity contribution is 6.69. The molecule has 0 aromatic carbocycles. The molecule has 0 aromatic heterocycles. The summed E-state index contributed by atoms with van der Waals surface area (Å²) >= 11 is 0. The van der Waals surface area contributed by atoms with Crippen LogP contribution in [0, 0.1) is 0 Å². The summed E-state index contributed by atoms with van der Waals surface area (Å²) in [4.78, 5) is 13.7. The van der Waals surface area contributed by atoms with E-state index in [9.17, 15) is 4.79 Å². The van der Waals surface area contributed by atoms with E-state index in [1.54, 1.807) is 19.0 Å². The van der Waals surface area contributed by atoms with Crippen molar-refractivity contribution in [3.63, 3.8) is 0 Å². The van der Waals surface area contributed by atoms with Gasteiger partial charge < -0.3 is 9.33 Å². The molecule has 1 rings (SSSR count). The Morgan fingerprint density at radius 2 is 1.87 bits per heavy atom. The van der Waals surface area contributed by atoms with Gasteiger partial charge in [-0.3, -0.25) is 9.36 Å². The first-order valence-corrected chi connectivity index (χ1v) is 8.09. The number of hydrogen-bond donors (Lipinski definition) is 0. The smallest absolute Gasteiger partial charge is 0.266 e. The lowest BCUT2D eigenvalue weighted by Crippen LogP contribution is -2.53. The molecule has 88 valence electrons. The van der Waals surface area contributed by atoms with E-state index in [-0.39, 0.29) is 17.6 Å². The van der Waals surface area contributed by atoms with Gasteiger partial charge in [0.15, 0.2) is 0 Å². The van der Waals surface area contributed by atoms with Gasteiger partial charge in [0, 0.05) is 14.1 Å². The summed E-state index contributed by atoms with van der Waals surface area (Å²) in [5.41, 5.74) is -0.383. The second-order valence-electron chi connectivity index (χ2n) is 5.40. The largest absolute Gasteiger partial charge is 0.396 e. The molecule has 0 bridgehead atoms. The molecule has 0 saturated carbocycles. The number of nitrogens with zero attached hydrogens (tertiary/aromatic N) is 2. The minimum Gasteiger partial charge on any atom is -0.396 e. The van der Waals surface area contributed by atoms with E-state index in [0.717, 1.165) is 0 Å². The molecule has 0 aromatic rings. The Kier molecular flexibility index (Phi) is 3.02. The van der Waals surface area contributed by atoms with Crippen LogP contribution in [0.1, 0.15) is 13.8 Å². The topological polar surface area (TPSA) is 32.8 Å². The summed E-state index contributed by atoms with van der Waals surface area (Å²) < 4.78 is 8.18. The number of rotatable bonds is 1. The quantitative estimate of drug-likeness (QED) is 0.627. The highest BCUT2D eigenvalue weighted by Gasteiger charge is 2.55. The summed E-state index contributed by atoms with van der Waals surface area (Å²) in [5, 5.41) is 0. The molecule has 1 amide bonds. The normalized spacial score (nSPS) is 29.1. The Balaban J connectivity index is 3.02. The summed E-state index contributed by atoms with van der Waals surface area (Å²) in [5.74, 6) is 0.126. The van der Waals surface area contributed by atoms with Crippen LogP contribution in [0.4, 0.5) is 0 Å². The standard InChI is InChI=1S/C10H22N2O2Si/c1-10(2)8(9(13)11(3)4)12(5)15(6,7)14-10/h8H,1-7H3. The predicted octanol–water partition coefficient (Wildman–Crippen LogP) is 0.886. The summed E-state index contributed by atoms with van der Waals surface area (Å²) in [6.07, 6.45) is 0. The van der Waals surface area contributed by atoms with E-state index >= 15 is 0 Å². The van der Waals surface area contributed by atoms with Crippen LogP contribution < -0.4 is 0 Å². The average Bonchev–Trinajstić information content (AvgIpc) is 2.15. The van der Waals surface area contributed by atoms with Crippen LogP contribution >= 0.6 is 0 Å². The third-order valence-electron chi connectivity index (χ3n) is 3.08. The zero-order chi connectivity index (χ0) is 12.0. The van der Waals surface area contributed by atoms with Crippen molar-refractivity contribution in [2.24, 2.45) is 0 Å². The Morgan fingerprint density at radius 3 is 2.13 bits per heavy atom. The molecule has 0 radical (unpaired) electrons.